The average molecular weight is 260 g/mol. The standard InChI is InChI=1S/C9H16N4OS2/c1-9(2,3)12-6(14)10-7-11-8(13(4)5)16-15-7/h1-5H3,(H,12,14)/b10-7-. The first-order valence-electron chi connectivity index (χ1n) is 4.79. The summed E-state index contributed by atoms with van der Waals surface area (Å²) in [5, 5.41) is 3.61. The van der Waals surface area contributed by atoms with E-state index in [-0.39, 0.29) is 11.6 Å². The van der Waals surface area contributed by atoms with Gasteiger partial charge in [0.25, 0.3) is 0 Å². The fourth-order valence-corrected chi connectivity index (χ4v) is 2.80. The van der Waals surface area contributed by atoms with E-state index >= 15 is 0 Å². The van der Waals surface area contributed by atoms with Crippen molar-refractivity contribution in [3.05, 3.63) is 4.80 Å². The van der Waals surface area contributed by atoms with Crippen LogP contribution in [0.3, 0.4) is 0 Å². The minimum atomic E-state index is -0.348. The van der Waals surface area contributed by atoms with Crippen LogP contribution in [0.2, 0.25) is 0 Å². The number of carbonyl (C=O) groups is 1. The van der Waals surface area contributed by atoms with Crippen LogP contribution in [0.4, 0.5) is 9.93 Å². The highest BCUT2D eigenvalue weighted by molar-refractivity contribution is 7.69. The Morgan fingerprint density at radius 3 is 2.44 bits per heavy atom. The Balaban J connectivity index is 2.80. The first kappa shape index (κ1) is 13.1. The third kappa shape index (κ3) is 4.28. The molecule has 5 nitrogen and oxygen atoms in total. The Morgan fingerprint density at radius 2 is 2.00 bits per heavy atom. The Hall–Kier alpha value is -0.950. The zero-order valence-electron chi connectivity index (χ0n) is 10.1. The van der Waals surface area contributed by atoms with Crippen LogP contribution in [0.25, 0.3) is 0 Å². The fraction of sp³-hybridized carbons (Fsp3) is 0.667. The molecule has 1 aromatic rings. The molecule has 2 amide bonds. The fourth-order valence-electron chi connectivity index (χ4n) is 0.847. The van der Waals surface area contributed by atoms with E-state index in [0.29, 0.717) is 4.80 Å². The molecule has 16 heavy (non-hydrogen) atoms. The summed E-state index contributed by atoms with van der Waals surface area (Å²) >= 11 is 0. The summed E-state index contributed by atoms with van der Waals surface area (Å²) in [5.41, 5.74) is -0.272. The van der Waals surface area contributed by atoms with E-state index in [1.807, 2.05) is 39.8 Å². The van der Waals surface area contributed by atoms with Crippen molar-refractivity contribution >= 4 is 31.8 Å². The number of carbonyl (C=O) groups excluding carboxylic acids is 1. The molecule has 0 spiro atoms. The summed E-state index contributed by atoms with van der Waals surface area (Å²) in [6.07, 6.45) is 0. The number of amides is 2. The predicted molar refractivity (Wildman–Crippen MR) is 68.2 cm³/mol. The molecule has 1 aromatic heterocycles. The molecule has 1 N–H and O–H groups in total. The lowest BCUT2D eigenvalue weighted by molar-refractivity contribution is 0.240. The number of hydrogen-bond acceptors (Lipinski definition) is 5. The average Bonchev–Trinajstić information content (AvgIpc) is 2.48. The molecule has 0 radical (unpaired) electrons. The van der Waals surface area contributed by atoms with Gasteiger partial charge in [0.15, 0.2) is 5.13 Å². The number of hydrogen-bond donors (Lipinski definition) is 1. The first-order valence-corrected chi connectivity index (χ1v) is 6.94. The third-order valence-corrected chi connectivity index (χ3v) is 3.61. The first-order chi connectivity index (χ1) is 7.28. The monoisotopic (exact) mass is 260 g/mol. The Morgan fingerprint density at radius 1 is 1.38 bits per heavy atom. The molecule has 0 aromatic carbocycles. The van der Waals surface area contributed by atoms with Gasteiger partial charge >= 0.3 is 6.03 Å². The van der Waals surface area contributed by atoms with E-state index in [0.717, 1.165) is 5.13 Å². The number of rotatable bonds is 1. The highest BCUT2D eigenvalue weighted by Crippen LogP contribution is 2.15. The van der Waals surface area contributed by atoms with Crippen molar-refractivity contribution in [3.8, 4) is 0 Å². The molecule has 1 heterocycles. The quantitative estimate of drug-likeness (QED) is 0.782. The van der Waals surface area contributed by atoms with Gasteiger partial charge < -0.3 is 10.2 Å². The molecule has 0 saturated heterocycles. The van der Waals surface area contributed by atoms with Crippen LogP contribution in [0.5, 0.6) is 0 Å². The van der Waals surface area contributed by atoms with Crippen molar-refractivity contribution < 1.29 is 4.79 Å². The van der Waals surface area contributed by atoms with Gasteiger partial charge in [0, 0.05) is 19.6 Å². The van der Waals surface area contributed by atoms with E-state index in [1.54, 1.807) is 0 Å². The van der Waals surface area contributed by atoms with Crippen molar-refractivity contribution in [2.75, 3.05) is 19.0 Å². The van der Waals surface area contributed by atoms with Gasteiger partial charge in [-0.05, 0) is 41.5 Å². The second kappa shape index (κ2) is 4.92. The van der Waals surface area contributed by atoms with E-state index < -0.39 is 0 Å². The second-order valence-corrected chi connectivity index (χ2v) is 6.59. The van der Waals surface area contributed by atoms with Crippen molar-refractivity contribution in [3.63, 3.8) is 0 Å². The Bertz CT molecular complexity index is 427. The topological polar surface area (TPSA) is 57.6 Å². The molecule has 0 atom stereocenters. The van der Waals surface area contributed by atoms with Crippen molar-refractivity contribution in [1.82, 2.24) is 10.3 Å². The van der Waals surface area contributed by atoms with Gasteiger partial charge in [-0.1, -0.05) is 0 Å². The number of aromatic nitrogens is 1. The molecular weight excluding hydrogens is 244 g/mol. The lowest BCUT2D eigenvalue weighted by atomic mass is 10.1. The molecule has 0 aliphatic carbocycles. The summed E-state index contributed by atoms with van der Waals surface area (Å²) in [6, 6.07) is -0.348. The summed E-state index contributed by atoms with van der Waals surface area (Å²) in [6.45, 7) is 5.74. The largest absolute Gasteiger partial charge is 0.353 e. The molecule has 0 fully saturated rings. The molecule has 7 heteroatoms. The lowest BCUT2D eigenvalue weighted by Crippen LogP contribution is -2.39. The molecule has 0 aliphatic rings. The number of anilines is 1. The van der Waals surface area contributed by atoms with Crippen LogP contribution in [0.1, 0.15) is 20.8 Å². The maximum Gasteiger partial charge on any atom is 0.344 e. The predicted octanol–water partition coefficient (Wildman–Crippen LogP) is 1.68. The van der Waals surface area contributed by atoms with E-state index in [1.165, 1.54) is 20.7 Å². The highest BCUT2D eigenvalue weighted by atomic mass is 32.9. The van der Waals surface area contributed by atoms with Crippen molar-refractivity contribution in [2.24, 2.45) is 4.99 Å². The maximum absolute atomic E-state index is 11.5. The SMILES string of the molecule is CN(C)c1n/c(=N/C(=O)NC(C)(C)C)ss1. The van der Waals surface area contributed by atoms with Crippen LogP contribution in [-0.4, -0.2) is 30.6 Å². The van der Waals surface area contributed by atoms with Crippen molar-refractivity contribution in [1.29, 1.82) is 0 Å². The molecule has 0 aliphatic heterocycles. The van der Waals surface area contributed by atoms with Gasteiger partial charge in [0.05, 0.1) is 0 Å². The summed E-state index contributed by atoms with van der Waals surface area (Å²) in [4.78, 5) is 22.0. The number of nitrogens with one attached hydrogen (secondary N) is 1. The second-order valence-electron chi connectivity index (χ2n) is 4.53. The maximum atomic E-state index is 11.5. The van der Waals surface area contributed by atoms with Crippen LogP contribution < -0.4 is 15.0 Å². The summed E-state index contributed by atoms with van der Waals surface area (Å²) in [7, 11) is 6.71. The van der Waals surface area contributed by atoms with Gasteiger partial charge in [-0.25, -0.2) is 4.79 Å². The van der Waals surface area contributed by atoms with Gasteiger partial charge in [0.2, 0.25) is 4.80 Å². The van der Waals surface area contributed by atoms with Gasteiger partial charge in [-0.15, -0.1) is 0 Å². The van der Waals surface area contributed by atoms with E-state index in [4.69, 9.17) is 0 Å². The number of urea groups is 1. The highest BCUT2D eigenvalue weighted by Gasteiger charge is 2.12. The molecular formula is C9H16N4OS2. The number of nitrogens with zero attached hydrogens (tertiary/aromatic N) is 3. The molecule has 0 unspecified atom stereocenters. The Labute approximate surface area is 102 Å². The van der Waals surface area contributed by atoms with Crippen LogP contribution >= 0.6 is 20.7 Å². The summed E-state index contributed by atoms with van der Waals surface area (Å²) in [5.74, 6) is 0. The minimum absolute atomic E-state index is 0.272. The normalized spacial score (nSPS) is 12.7. The Kier molecular flexibility index (Phi) is 4.03. The molecule has 90 valence electrons. The minimum Gasteiger partial charge on any atom is -0.353 e. The molecule has 1 rings (SSSR count). The van der Waals surface area contributed by atoms with Crippen molar-refractivity contribution in [2.45, 2.75) is 26.3 Å². The smallest absolute Gasteiger partial charge is 0.344 e. The molecule has 0 saturated carbocycles. The van der Waals surface area contributed by atoms with Gasteiger partial charge in [-0.2, -0.15) is 9.98 Å². The summed E-state index contributed by atoms with van der Waals surface area (Å²) < 4.78 is 0. The molecule has 0 bridgehead atoms. The van der Waals surface area contributed by atoms with E-state index in [9.17, 15) is 4.79 Å². The zero-order chi connectivity index (χ0) is 12.3. The zero-order valence-corrected chi connectivity index (χ0v) is 11.7. The van der Waals surface area contributed by atoms with Gasteiger partial charge in [-0.3, -0.25) is 0 Å². The third-order valence-electron chi connectivity index (χ3n) is 1.44. The van der Waals surface area contributed by atoms with Crippen LogP contribution in [0.15, 0.2) is 4.99 Å². The van der Waals surface area contributed by atoms with E-state index in [2.05, 4.69) is 15.3 Å². The van der Waals surface area contributed by atoms with Gasteiger partial charge in [0.1, 0.15) is 0 Å². The van der Waals surface area contributed by atoms with Crippen LogP contribution in [-0.2, 0) is 0 Å². The van der Waals surface area contributed by atoms with Crippen LogP contribution in [0, 0.1) is 0 Å². The lowest BCUT2D eigenvalue weighted by Gasteiger charge is -2.17.